The third-order valence-electron chi connectivity index (χ3n) is 8.65. The van der Waals surface area contributed by atoms with Crippen LogP contribution in [0.1, 0.15) is 64.2 Å². The van der Waals surface area contributed by atoms with Crippen LogP contribution in [0.15, 0.2) is 48.5 Å². The second-order valence-corrected chi connectivity index (χ2v) is 11.7. The molecule has 0 amide bonds. The molecule has 208 valence electrons. The second kappa shape index (κ2) is 11.9. The Kier molecular flexibility index (Phi) is 8.98. The van der Waals surface area contributed by atoms with Crippen molar-refractivity contribution in [2.45, 2.75) is 98.1 Å². The number of para-hydroxylation sites is 1. The molecule has 2 saturated heterocycles. The lowest BCUT2D eigenvalue weighted by molar-refractivity contribution is -0.311. The van der Waals surface area contributed by atoms with E-state index in [4.69, 9.17) is 18.9 Å². The summed E-state index contributed by atoms with van der Waals surface area (Å²) in [6, 6.07) is 15.8. The first-order valence-electron chi connectivity index (χ1n) is 14.0. The van der Waals surface area contributed by atoms with Crippen LogP contribution < -0.4 is 4.74 Å². The van der Waals surface area contributed by atoms with E-state index < -0.39 is 23.8 Å². The Morgan fingerprint density at radius 2 is 1.71 bits per heavy atom. The first-order valence-corrected chi connectivity index (χ1v) is 14.0. The first-order chi connectivity index (χ1) is 18.0. The maximum absolute atomic E-state index is 13.2. The SMILES string of the molecule is Cc1cccc(C)c1OC(=O)[C@H](C)[C@H](O)[C@@H](C)[C@@H](OCc1ccccc1)[C@@H](C)[C@H]1O[C@]2(C)CC[C@H](O2)[C@H]1C. The minimum atomic E-state index is -0.961. The Morgan fingerprint density at radius 1 is 1.05 bits per heavy atom. The summed E-state index contributed by atoms with van der Waals surface area (Å²) in [7, 11) is 0. The zero-order chi connectivity index (χ0) is 27.6. The molecule has 6 nitrogen and oxygen atoms in total. The van der Waals surface area contributed by atoms with E-state index in [0.29, 0.717) is 12.4 Å². The number of aliphatic hydroxyl groups excluding tert-OH is 1. The van der Waals surface area contributed by atoms with Gasteiger partial charge in [-0.15, -0.1) is 0 Å². The van der Waals surface area contributed by atoms with Crippen molar-refractivity contribution < 1.29 is 28.8 Å². The predicted molar refractivity (Wildman–Crippen MR) is 147 cm³/mol. The lowest BCUT2D eigenvalue weighted by Crippen LogP contribution is -2.53. The molecule has 2 aliphatic heterocycles. The lowest BCUT2D eigenvalue weighted by atomic mass is 9.78. The normalized spacial score (nSPS) is 28.8. The molecule has 0 spiro atoms. The molecule has 0 aromatic heterocycles. The Bertz CT molecular complexity index is 1070. The molecule has 9 atom stereocenters. The standard InChI is InChI=1S/C32H44O6/c1-19-12-11-13-20(2)28(19)36-31(34)23(5)27(33)22(4)29(35-18-25-14-9-8-10-15-25)24(6)30-21(3)26-16-17-32(7,37-26)38-30/h8-15,21-24,26-27,29-30,33H,16-18H2,1-7H3/t21-,22-,23-,24-,26+,27-,29-,30+,32-/m1/s1. The number of aliphatic hydroxyl groups is 1. The fraction of sp³-hybridized carbons (Fsp3) is 0.594. The van der Waals surface area contributed by atoms with Gasteiger partial charge in [-0.05, 0) is 50.8 Å². The Labute approximate surface area is 227 Å². The fourth-order valence-electron chi connectivity index (χ4n) is 6.17. The highest BCUT2D eigenvalue weighted by Gasteiger charge is 2.52. The number of hydrogen-bond donors (Lipinski definition) is 1. The summed E-state index contributed by atoms with van der Waals surface area (Å²) in [6.45, 7) is 14.2. The molecule has 2 heterocycles. The summed E-state index contributed by atoms with van der Waals surface area (Å²) in [5, 5.41) is 11.5. The zero-order valence-electron chi connectivity index (χ0n) is 23.8. The van der Waals surface area contributed by atoms with Gasteiger partial charge in [0.15, 0.2) is 5.79 Å². The molecule has 38 heavy (non-hydrogen) atoms. The largest absolute Gasteiger partial charge is 0.426 e. The lowest BCUT2D eigenvalue weighted by Gasteiger charge is -2.46. The van der Waals surface area contributed by atoms with Crippen LogP contribution in [-0.2, 0) is 25.6 Å². The highest BCUT2D eigenvalue weighted by molar-refractivity contribution is 5.76. The molecule has 0 saturated carbocycles. The number of aryl methyl sites for hydroxylation is 2. The van der Waals surface area contributed by atoms with Gasteiger partial charge in [-0.2, -0.15) is 0 Å². The van der Waals surface area contributed by atoms with E-state index in [1.165, 1.54) is 0 Å². The molecule has 2 fully saturated rings. The molecular formula is C32H44O6. The Balaban J connectivity index is 1.53. The van der Waals surface area contributed by atoms with Gasteiger partial charge in [0, 0.05) is 24.2 Å². The molecule has 0 radical (unpaired) electrons. The highest BCUT2D eigenvalue weighted by Crippen LogP contribution is 2.46. The third-order valence-corrected chi connectivity index (χ3v) is 8.65. The minimum Gasteiger partial charge on any atom is -0.426 e. The van der Waals surface area contributed by atoms with Gasteiger partial charge in [0.2, 0.25) is 0 Å². The van der Waals surface area contributed by atoms with Crippen molar-refractivity contribution in [2.24, 2.45) is 23.7 Å². The Morgan fingerprint density at radius 3 is 2.37 bits per heavy atom. The van der Waals surface area contributed by atoms with E-state index in [0.717, 1.165) is 29.5 Å². The molecule has 2 aromatic carbocycles. The number of carbonyl (C=O) groups is 1. The maximum Gasteiger partial charge on any atom is 0.316 e. The topological polar surface area (TPSA) is 74.2 Å². The van der Waals surface area contributed by atoms with Gasteiger partial charge in [0.25, 0.3) is 0 Å². The quantitative estimate of drug-likeness (QED) is 0.304. The van der Waals surface area contributed by atoms with Crippen LogP contribution in [0, 0.1) is 37.5 Å². The summed E-state index contributed by atoms with van der Waals surface area (Å²) >= 11 is 0. The van der Waals surface area contributed by atoms with Crippen LogP contribution in [0.4, 0.5) is 0 Å². The Hall–Kier alpha value is -2.25. The van der Waals surface area contributed by atoms with E-state index in [1.807, 2.05) is 76.2 Å². The van der Waals surface area contributed by atoms with Crippen molar-refractivity contribution in [2.75, 3.05) is 0 Å². The van der Waals surface area contributed by atoms with Crippen LogP contribution in [0.3, 0.4) is 0 Å². The van der Waals surface area contributed by atoms with Crippen LogP contribution in [0.5, 0.6) is 5.75 Å². The molecule has 6 heteroatoms. The van der Waals surface area contributed by atoms with Gasteiger partial charge in [-0.1, -0.05) is 69.3 Å². The number of benzene rings is 2. The van der Waals surface area contributed by atoms with Crippen molar-refractivity contribution in [1.82, 2.24) is 0 Å². The highest BCUT2D eigenvalue weighted by atomic mass is 16.7. The number of ether oxygens (including phenoxy) is 4. The number of hydrogen-bond acceptors (Lipinski definition) is 6. The van der Waals surface area contributed by atoms with Gasteiger partial charge in [0.1, 0.15) is 5.75 Å². The van der Waals surface area contributed by atoms with Gasteiger partial charge in [-0.3, -0.25) is 4.79 Å². The summed E-state index contributed by atoms with van der Waals surface area (Å²) in [5.74, 6) is -1.40. The number of esters is 1. The number of rotatable bonds is 10. The molecule has 1 N–H and O–H groups in total. The van der Waals surface area contributed by atoms with Crippen LogP contribution in [-0.4, -0.2) is 41.3 Å². The van der Waals surface area contributed by atoms with E-state index in [1.54, 1.807) is 6.92 Å². The molecule has 0 aliphatic carbocycles. The predicted octanol–water partition coefficient (Wildman–Crippen LogP) is 5.99. The molecule has 0 unspecified atom stereocenters. The van der Waals surface area contributed by atoms with E-state index in [9.17, 15) is 9.90 Å². The van der Waals surface area contributed by atoms with Crippen LogP contribution in [0.25, 0.3) is 0 Å². The van der Waals surface area contributed by atoms with Crippen molar-refractivity contribution in [3.63, 3.8) is 0 Å². The van der Waals surface area contributed by atoms with Crippen LogP contribution >= 0.6 is 0 Å². The van der Waals surface area contributed by atoms with Crippen molar-refractivity contribution in [3.05, 3.63) is 65.2 Å². The fourth-order valence-corrected chi connectivity index (χ4v) is 6.17. The molecule has 2 bridgehead atoms. The van der Waals surface area contributed by atoms with Crippen LogP contribution in [0.2, 0.25) is 0 Å². The van der Waals surface area contributed by atoms with Gasteiger partial charge in [-0.25, -0.2) is 0 Å². The summed E-state index contributed by atoms with van der Waals surface area (Å²) in [5.41, 5.74) is 2.83. The average molecular weight is 525 g/mol. The average Bonchev–Trinajstić information content (AvgIpc) is 3.24. The van der Waals surface area contributed by atoms with E-state index >= 15 is 0 Å². The zero-order valence-corrected chi connectivity index (χ0v) is 23.8. The molecule has 2 aromatic rings. The smallest absolute Gasteiger partial charge is 0.316 e. The summed E-state index contributed by atoms with van der Waals surface area (Å²) < 4.78 is 25.0. The molecule has 4 rings (SSSR count). The second-order valence-electron chi connectivity index (χ2n) is 11.7. The number of fused-ring (bicyclic) bond motifs is 2. The number of carbonyl (C=O) groups excluding carboxylic acids is 1. The van der Waals surface area contributed by atoms with Crippen molar-refractivity contribution in [3.8, 4) is 5.75 Å². The van der Waals surface area contributed by atoms with E-state index in [2.05, 4.69) is 13.8 Å². The van der Waals surface area contributed by atoms with Crippen molar-refractivity contribution >= 4 is 5.97 Å². The summed E-state index contributed by atoms with van der Waals surface area (Å²) in [6.07, 6.45) is 0.610. The van der Waals surface area contributed by atoms with Gasteiger partial charge in [0.05, 0.1) is 36.9 Å². The maximum atomic E-state index is 13.2. The third kappa shape index (κ3) is 6.15. The first kappa shape index (κ1) is 28.8. The van der Waals surface area contributed by atoms with Crippen molar-refractivity contribution in [1.29, 1.82) is 0 Å². The molecular weight excluding hydrogens is 480 g/mol. The van der Waals surface area contributed by atoms with Gasteiger partial charge >= 0.3 is 5.97 Å². The minimum absolute atomic E-state index is 0.0379. The summed E-state index contributed by atoms with van der Waals surface area (Å²) in [4.78, 5) is 13.2. The van der Waals surface area contributed by atoms with Gasteiger partial charge < -0.3 is 24.1 Å². The molecule has 2 aliphatic rings. The monoisotopic (exact) mass is 524 g/mol. The van der Waals surface area contributed by atoms with E-state index in [-0.39, 0.29) is 36.1 Å².